The van der Waals surface area contributed by atoms with Crippen LogP contribution in [0.3, 0.4) is 0 Å². The molecule has 0 spiro atoms. The van der Waals surface area contributed by atoms with Gasteiger partial charge in [0, 0.05) is 12.0 Å². The Morgan fingerprint density at radius 2 is 1.70 bits per heavy atom. The molecule has 2 aromatic carbocycles. The van der Waals surface area contributed by atoms with Crippen molar-refractivity contribution in [2.24, 2.45) is 11.5 Å². The summed E-state index contributed by atoms with van der Waals surface area (Å²) in [6.07, 6.45) is 5.86. The second-order valence-corrected chi connectivity index (χ2v) is 7.15. The Balaban J connectivity index is 1.83. The lowest BCUT2D eigenvalue weighted by Crippen LogP contribution is -2.27. The van der Waals surface area contributed by atoms with E-state index in [2.05, 4.69) is 42.5 Å². The average molecular weight is 306 g/mol. The molecule has 0 amide bonds. The van der Waals surface area contributed by atoms with Crippen LogP contribution in [0, 0.1) is 0 Å². The maximum Gasteiger partial charge on any atom is 0.0116 e. The molecule has 2 aliphatic carbocycles. The first-order chi connectivity index (χ1) is 11.3. The summed E-state index contributed by atoms with van der Waals surface area (Å²) in [5.41, 5.74) is 19.6. The summed E-state index contributed by atoms with van der Waals surface area (Å²) < 4.78 is 0. The van der Waals surface area contributed by atoms with Gasteiger partial charge < -0.3 is 11.5 Å². The molecular weight excluding hydrogens is 280 g/mol. The van der Waals surface area contributed by atoms with E-state index in [-0.39, 0.29) is 0 Å². The van der Waals surface area contributed by atoms with Crippen molar-refractivity contribution >= 4 is 0 Å². The molecule has 4 N–H and O–H groups in total. The Bertz CT molecular complexity index is 707. The highest BCUT2D eigenvalue weighted by atomic mass is 14.6. The lowest BCUT2D eigenvalue weighted by Gasteiger charge is -2.29. The monoisotopic (exact) mass is 306 g/mol. The highest BCUT2D eigenvalue weighted by Crippen LogP contribution is 2.50. The lowest BCUT2D eigenvalue weighted by atomic mass is 9.77. The molecule has 2 heteroatoms. The van der Waals surface area contributed by atoms with Crippen LogP contribution < -0.4 is 11.5 Å². The van der Waals surface area contributed by atoms with Crippen molar-refractivity contribution in [2.45, 2.75) is 50.0 Å². The summed E-state index contributed by atoms with van der Waals surface area (Å²) >= 11 is 0. The Kier molecular flexibility index (Phi) is 3.96. The smallest absolute Gasteiger partial charge is 0.0116 e. The molecule has 0 radical (unpaired) electrons. The number of benzene rings is 2. The fraction of sp³-hybridized carbons (Fsp3) is 0.429. The van der Waals surface area contributed by atoms with Gasteiger partial charge in [0.25, 0.3) is 0 Å². The van der Waals surface area contributed by atoms with E-state index in [9.17, 15) is 0 Å². The maximum atomic E-state index is 6.27. The third-order valence-corrected chi connectivity index (χ3v) is 5.72. The van der Waals surface area contributed by atoms with Crippen molar-refractivity contribution in [1.29, 1.82) is 0 Å². The van der Waals surface area contributed by atoms with E-state index in [1.165, 1.54) is 41.5 Å². The molecule has 4 rings (SSSR count). The zero-order valence-corrected chi connectivity index (χ0v) is 13.7. The average Bonchev–Trinajstić information content (AvgIpc) is 2.90. The van der Waals surface area contributed by atoms with Crippen LogP contribution in [0.5, 0.6) is 0 Å². The van der Waals surface area contributed by atoms with Crippen LogP contribution in [0.25, 0.3) is 11.1 Å². The van der Waals surface area contributed by atoms with E-state index >= 15 is 0 Å². The third kappa shape index (κ3) is 2.50. The maximum absolute atomic E-state index is 6.27. The van der Waals surface area contributed by atoms with Gasteiger partial charge in [-0.2, -0.15) is 0 Å². The predicted molar refractivity (Wildman–Crippen MR) is 96.6 cm³/mol. The van der Waals surface area contributed by atoms with E-state index in [1.54, 1.807) is 5.56 Å². The first kappa shape index (κ1) is 14.9. The molecule has 2 aliphatic rings. The SMILES string of the molecule is NCCC1c2ccccc2-c2cccc(C3CCCC(N)C3)c21. The van der Waals surface area contributed by atoms with Crippen molar-refractivity contribution in [1.82, 2.24) is 0 Å². The van der Waals surface area contributed by atoms with Gasteiger partial charge in [-0.3, -0.25) is 0 Å². The van der Waals surface area contributed by atoms with Gasteiger partial charge in [-0.05, 0) is 66.0 Å². The van der Waals surface area contributed by atoms with E-state index in [4.69, 9.17) is 11.5 Å². The van der Waals surface area contributed by atoms with Gasteiger partial charge in [0.1, 0.15) is 0 Å². The number of rotatable bonds is 3. The number of hydrogen-bond acceptors (Lipinski definition) is 2. The largest absolute Gasteiger partial charge is 0.330 e. The van der Waals surface area contributed by atoms with Crippen LogP contribution in [0.1, 0.15) is 60.6 Å². The fourth-order valence-corrected chi connectivity index (χ4v) is 4.74. The molecule has 1 saturated carbocycles. The first-order valence-corrected chi connectivity index (χ1v) is 8.97. The highest BCUT2D eigenvalue weighted by Gasteiger charge is 2.33. The van der Waals surface area contributed by atoms with Crippen LogP contribution in [-0.2, 0) is 0 Å². The minimum atomic E-state index is 0.362. The molecule has 0 aliphatic heterocycles. The third-order valence-electron chi connectivity index (χ3n) is 5.72. The van der Waals surface area contributed by atoms with Gasteiger partial charge in [-0.15, -0.1) is 0 Å². The second kappa shape index (κ2) is 6.10. The Labute approximate surface area is 138 Å². The van der Waals surface area contributed by atoms with Crippen molar-refractivity contribution in [3.8, 4) is 11.1 Å². The van der Waals surface area contributed by atoms with E-state index in [0.717, 1.165) is 19.4 Å². The van der Waals surface area contributed by atoms with Crippen molar-refractivity contribution in [3.63, 3.8) is 0 Å². The summed E-state index contributed by atoms with van der Waals surface area (Å²) in [5.74, 6) is 1.07. The first-order valence-electron chi connectivity index (χ1n) is 8.97. The van der Waals surface area contributed by atoms with E-state index < -0.39 is 0 Å². The molecule has 2 aromatic rings. The Hall–Kier alpha value is -1.64. The molecule has 0 aromatic heterocycles. The van der Waals surface area contributed by atoms with E-state index in [1.807, 2.05) is 0 Å². The molecular formula is C21H26N2. The molecule has 2 nitrogen and oxygen atoms in total. The topological polar surface area (TPSA) is 52.0 Å². The number of hydrogen-bond donors (Lipinski definition) is 2. The summed E-state index contributed by atoms with van der Waals surface area (Å²) in [7, 11) is 0. The van der Waals surface area contributed by atoms with Gasteiger partial charge in [-0.25, -0.2) is 0 Å². The molecule has 23 heavy (non-hydrogen) atoms. The zero-order chi connectivity index (χ0) is 15.8. The molecule has 120 valence electrons. The van der Waals surface area contributed by atoms with Crippen molar-refractivity contribution in [2.75, 3.05) is 6.54 Å². The quantitative estimate of drug-likeness (QED) is 0.895. The van der Waals surface area contributed by atoms with E-state index in [0.29, 0.717) is 17.9 Å². The van der Waals surface area contributed by atoms with Gasteiger partial charge in [0.15, 0.2) is 0 Å². The van der Waals surface area contributed by atoms with Gasteiger partial charge >= 0.3 is 0 Å². The molecule has 3 unspecified atom stereocenters. The standard InChI is InChI=1S/C21H26N2/c22-12-11-20-18-8-2-1-7-17(18)19-10-4-9-16(21(19)20)14-5-3-6-15(23)13-14/h1-2,4,7-10,14-15,20H,3,5-6,11-13,22-23H2. The molecule has 1 fully saturated rings. The summed E-state index contributed by atoms with van der Waals surface area (Å²) in [4.78, 5) is 0. The minimum absolute atomic E-state index is 0.362. The molecule has 0 saturated heterocycles. The normalized spacial score (nSPS) is 25.9. The predicted octanol–water partition coefficient (Wildman–Crippen LogP) is 4.13. The molecule has 3 atom stereocenters. The lowest BCUT2D eigenvalue weighted by molar-refractivity contribution is 0.391. The van der Waals surface area contributed by atoms with Crippen LogP contribution in [-0.4, -0.2) is 12.6 Å². The van der Waals surface area contributed by atoms with Gasteiger partial charge in [0.2, 0.25) is 0 Å². The van der Waals surface area contributed by atoms with Crippen molar-refractivity contribution in [3.05, 3.63) is 59.2 Å². The summed E-state index contributed by atoms with van der Waals surface area (Å²) in [6, 6.07) is 16.1. The van der Waals surface area contributed by atoms with Crippen LogP contribution in [0.2, 0.25) is 0 Å². The summed E-state index contributed by atoms with van der Waals surface area (Å²) in [6.45, 7) is 0.733. The zero-order valence-electron chi connectivity index (χ0n) is 13.7. The minimum Gasteiger partial charge on any atom is -0.330 e. The Morgan fingerprint density at radius 1 is 0.913 bits per heavy atom. The van der Waals surface area contributed by atoms with Gasteiger partial charge in [-0.1, -0.05) is 48.9 Å². The fourth-order valence-electron chi connectivity index (χ4n) is 4.74. The highest BCUT2D eigenvalue weighted by molar-refractivity contribution is 5.80. The second-order valence-electron chi connectivity index (χ2n) is 7.15. The van der Waals surface area contributed by atoms with Crippen LogP contribution in [0.15, 0.2) is 42.5 Å². The number of nitrogens with two attached hydrogens (primary N) is 2. The van der Waals surface area contributed by atoms with Crippen LogP contribution >= 0.6 is 0 Å². The van der Waals surface area contributed by atoms with Gasteiger partial charge in [0.05, 0.1) is 0 Å². The molecule has 0 heterocycles. The number of fused-ring (bicyclic) bond motifs is 3. The van der Waals surface area contributed by atoms with Crippen LogP contribution in [0.4, 0.5) is 0 Å². The Morgan fingerprint density at radius 3 is 2.52 bits per heavy atom. The van der Waals surface area contributed by atoms with Crippen molar-refractivity contribution < 1.29 is 0 Å². The molecule has 0 bridgehead atoms. The summed E-state index contributed by atoms with van der Waals surface area (Å²) in [5, 5.41) is 0.